The van der Waals surface area contributed by atoms with Crippen molar-refractivity contribution < 1.29 is 43.2 Å². The van der Waals surface area contributed by atoms with Crippen molar-refractivity contribution in [2.75, 3.05) is 7.11 Å². The van der Waals surface area contributed by atoms with E-state index in [9.17, 15) is 19.2 Å². The number of carbonyl (C=O) groups is 4. The zero-order valence-corrected chi connectivity index (χ0v) is 18.0. The smallest absolute Gasteiger partial charge is 0.481 e. The van der Waals surface area contributed by atoms with Crippen LogP contribution < -0.4 is 4.74 Å². The highest BCUT2D eigenvalue weighted by Gasteiger charge is 2.33. The van der Waals surface area contributed by atoms with Crippen LogP contribution in [0, 0.1) is 11.8 Å². The Labute approximate surface area is 186 Å². The van der Waals surface area contributed by atoms with Crippen molar-refractivity contribution in [2.45, 2.75) is 63.6 Å². The summed E-state index contributed by atoms with van der Waals surface area (Å²) in [7, 11) is 1.20. The molecule has 32 heavy (non-hydrogen) atoms. The lowest BCUT2D eigenvalue weighted by molar-refractivity contribution is -0.158. The van der Waals surface area contributed by atoms with E-state index in [4.69, 9.17) is 19.3 Å². The molecule has 0 aliphatic heterocycles. The van der Waals surface area contributed by atoms with E-state index in [-0.39, 0.29) is 35.8 Å². The molecule has 3 rings (SSSR count). The van der Waals surface area contributed by atoms with Gasteiger partial charge in [-0.25, -0.2) is 9.59 Å². The first-order valence-corrected chi connectivity index (χ1v) is 10.9. The maximum absolute atomic E-state index is 12.5. The second-order valence-electron chi connectivity index (χ2n) is 8.21. The number of rotatable bonds is 6. The van der Waals surface area contributed by atoms with Gasteiger partial charge in [0, 0.05) is 0 Å². The highest BCUT2D eigenvalue weighted by atomic mass is 16.7. The van der Waals surface area contributed by atoms with E-state index in [1.54, 1.807) is 0 Å². The van der Waals surface area contributed by atoms with Crippen LogP contribution in [0.25, 0.3) is 0 Å². The van der Waals surface area contributed by atoms with Crippen molar-refractivity contribution in [3.05, 3.63) is 29.8 Å². The van der Waals surface area contributed by atoms with Crippen LogP contribution in [0.15, 0.2) is 24.3 Å². The van der Waals surface area contributed by atoms with E-state index in [1.807, 2.05) is 0 Å². The van der Waals surface area contributed by atoms with Crippen LogP contribution in [0.3, 0.4) is 0 Å². The Hall–Kier alpha value is -3.10. The molecule has 9 nitrogen and oxygen atoms in total. The fourth-order valence-corrected chi connectivity index (χ4v) is 4.12. The van der Waals surface area contributed by atoms with Crippen molar-refractivity contribution in [3.63, 3.8) is 0 Å². The zero-order valence-electron chi connectivity index (χ0n) is 18.0. The van der Waals surface area contributed by atoms with Gasteiger partial charge in [-0.15, -0.1) is 0 Å². The van der Waals surface area contributed by atoms with E-state index < -0.39 is 18.1 Å². The predicted molar refractivity (Wildman–Crippen MR) is 110 cm³/mol. The minimum absolute atomic E-state index is 0.209. The first kappa shape index (κ1) is 23.6. The van der Waals surface area contributed by atoms with Crippen molar-refractivity contribution in [1.82, 2.24) is 0 Å². The van der Waals surface area contributed by atoms with Gasteiger partial charge in [0.15, 0.2) is 0 Å². The summed E-state index contributed by atoms with van der Waals surface area (Å²) >= 11 is 0. The molecule has 2 aliphatic carbocycles. The van der Waals surface area contributed by atoms with Crippen molar-refractivity contribution in [3.8, 4) is 5.75 Å². The third-order valence-corrected chi connectivity index (χ3v) is 6.05. The van der Waals surface area contributed by atoms with E-state index in [2.05, 4.69) is 4.74 Å². The Morgan fingerprint density at radius 3 is 1.84 bits per heavy atom. The molecular formula is C23H28O9. The van der Waals surface area contributed by atoms with Gasteiger partial charge in [0.05, 0.1) is 24.5 Å². The van der Waals surface area contributed by atoms with E-state index in [0.29, 0.717) is 56.9 Å². The monoisotopic (exact) mass is 448 g/mol. The molecule has 1 N–H and O–H groups in total. The van der Waals surface area contributed by atoms with Crippen LogP contribution in [0.4, 0.5) is 4.79 Å². The fraction of sp³-hybridized carbons (Fsp3) is 0.565. The zero-order chi connectivity index (χ0) is 23.1. The summed E-state index contributed by atoms with van der Waals surface area (Å²) < 4.78 is 20.4. The third-order valence-electron chi connectivity index (χ3n) is 6.05. The van der Waals surface area contributed by atoms with Gasteiger partial charge in [-0.3, -0.25) is 9.59 Å². The number of hydrogen-bond donors (Lipinski definition) is 1. The minimum atomic E-state index is -0.844. The molecule has 1 aromatic carbocycles. The molecule has 1 aromatic rings. The van der Waals surface area contributed by atoms with E-state index >= 15 is 0 Å². The maximum Gasteiger partial charge on any atom is 0.513 e. The van der Waals surface area contributed by atoms with Crippen molar-refractivity contribution in [1.29, 1.82) is 0 Å². The molecule has 9 heteroatoms. The van der Waals surface area contributed by atoms with Gasteiger partial charge >= 0.3 is 24.1 Å². The SMILES string of the molecule is COC(=O)Oc1ccc(C(=O)OC2CCC(C(=O)OC3CCC(C(=O)O)CC3)CC2)cc1. The summed E-state index contributed by atoms with van der Waals surface area (Å²) in [6.45, 7) is 0. The van der Waals surface area contributed by atoms with Crippen molar-refractivity contribution >= 4 is 24.1 Å². The molecule has 0 unspecified atom stereocenters. The molecule has 2 saturated carbocycles. The number of ether oxygens (including phenoxy) is 4. The molecule has 0 aromatic heterocycles. The molecule has 2 aliphatic rings. The quantitative estimate of drug-likeness (QED) is 0.393. The van der Waals surface area contributed by atoms with Crippen LogP contribution in [0.2, 0.25) is 0 Å². The summed E-state index contributed by atoms with van der Waals surface area (Å²) in [6.07, 6.45) is 3.20. The molecule has 0 radical (unpaired) electrons. The highest BCUT2D eigenvalue weighted by molar-refractivity contribution is 5.89. The Kier molecular flexibility index (Phi) is 8.08. The van der Waals surface area contributed by atoms with Gasteiger partial charge < -0.3 is 24.1 Å². The number of carboxylic acid groups (broad SMARTS) is 1. The van der Waals surface area contributed by atoms with Gasteiger partial charge in [-0.05, 0) is 75.6 Å². The van der Waals surface area contributed by atoms with Gasteiger partial charge in [0.1, 0.15) is 18.0 Å². The number of carboxylic acids is 1. The number of hydrogen-bond acceptors (Lipinski definition) is 8. The predicted octanol–water partition coefficient (Wildman–Crippen LogP) is 3.73. The molecule has 0 spiro atoms. The maximum atomic E-state index is 12.5. The molecule has 0 bridgehead atoms. The van der Waals surface area contributed by atoms with E-state index in [1.165, 1.54) is 31.4 Å². The number of carbonyl (C=O) groups excluding carboxylic acids is 3. The fourth-order valence-electron chi connectivity index (χ4n) is 4.12. The normalized spacial score (nSPS) is 25.3. The lowest BCUT2D eigenvalue weighted by atomic mass is 9.86. The molecule has 0 amide bonds. The molecule has 2 fully saturated rings. The molecule has 0 atom stereocenters. The lowest BCUT2D eigenvalue weighted by Crippen LogP contribution is -2.33. The largest absolute Gasteiger partial charge is 0.513 e. The summed E-state index contributed by atoms with van der Waals surface area (Å²) in [6, 6.07) is 5.96. The van der Waals surface area contributed by atoms with Crippen LogP contribution >= 0.6 is 0 Å². The van der Waals surface area contributed by atoms with Crippen LogP contribution in [-0.2, 0) is 23.8 Å². The third kappa shape index (κ3) is 6.45. The second-order valence-corrected chi connectivity index (χ2v) is 8.21. The number of aliphatic carboxylic acids is 1. The Morgan fingerprint density at radius 1 is 0.781 bits per heavy atom. The molecule has 174 valence electrons. The van der Waals surface area contributed by atoms with Gasteiger partial charge in [0.2, 0.25) is 0 Å². The number of benzene rings is 1. The number of esters is 2. The lowest BCUT2D eigenvalue weighted by Gasteiger charge is -2.30. The minimum Gasteiger partial charge on any atom is -0.481 e. The van der Waals surface area contributed by atoms with E-state index in [0.717, 1.165) is 0 Å². The first-order chi connectivity index (χ1) is 15.4. The van der Waals surface area contributed by atoms with Crippen LogP contribution in [0.5, 0.6) is 5.75 Å². The van der Waals surface area contributed by atoms with Crippen molar-refractivity contribution in [2.24, 2.45) is 11.8 Å². The molecule has 0 heterocycles. The summed E-state index contributed by atoms with van der Waals surface area (Å²) in [4.78, 5) is 47.0. The molecular weight excluding hydrogens is 420 g/mol. The Bertz CT molecular complexity index is 816. The standard InChI is InChI=1S/C23H28O9/c1-29-23(28)32-19-12-6-16(7-13-19)22(27)31-18-10-4-15(5-11-18)21(26)30-17-8-2-14(3-9-17)20(24)25/h6-7,12-15,17-18H,2-5,8-11H2,1H3,(H,24,25). The summed E-state index contributed by atoms with van der Waals surface area (Å²) in [5.74, 6) is -1.81. The number of methoxy groups -OCH3 is 1. The van der Waals surface area contributed by atoms with Crippen LogP contribution in [-0.4, -0.2) is 48.5 Å². The van der Waals surface area contributed by atoms with Gasteiger partial charge in [-0.1, -0.05) is 0 Å². The second kappa shape index (κ2) is 11.0. The first-order valence-electron chi connectivity index (χ1n) is 10.9. The van der Waals surface area contributed by atoms with Gasteiger partial charge in [0.25, 0.3) is 0 Å². The summed E-state index contributed by atoms with van der Waals surface area (Å²) in [5.41, 5.74) is 0.334. The average Bonchev–Trinajstić information content (AvgIpc) is 2.80. The topological polar surface area (TPSA) is 125 Å². The molecule has 0 saturated heterocycles. The highest BCUT2D eigenvalue weighted by Crippen LogP contribution is 2.31. The van der Waals surface area contributed by atoms with Crippen LogP contribution in [0.1, 0.15) is 61.7 Å². The average molecular weight is 448 g/mol. The van der Waals surface area contributed by atoms with Gasteiger partial charge in [-0.2, -0.15) is 0 Å². The Morgan fingerprint density at radius 2 is 1.31 bits per heavy atom. The summed E-state index contributed by atoms with van der Waals surface area (Å²) in [5, 5.41) is 9.06. The Balaban J connectivity index is 1.39.